The third kappa shape index (κ3) is 2.00. The smallest absolute Gasteiger partial charge is 0.374 e. The van der Waals surface area contributed by atoms with Gasteiger partial charge < -0.3 is 14.5 Å². The van der Waals surface area contributed by atoms with Gasteiger partial charge in [-0.25, -0.2) is 4.79 Å². The van der Waals surface area contributed by atoms with Crippen molar-refractivity contribution in [1.29, 1.82) is 0 Å². The van der Waals surface area contributed by atoms with Gasteiger partial charge in [0, 0.05) is 17.5 Å². The van der Waals surface area contributed by atoms with Crippen LogP contribution in [0.2, 0.25) is 0 Å². The molecule has 1 aliphatic heterocycles. The number of rotatable bonds is 2. The summed E-state index contributed by atoms with van der Waals surface area (Å²) < 4.78 is 4.63. The summed E-state index contributed by atoms with van der Waals surface area (Å²) in [4.78, 5) is 26.1. The van der Waals surface area contributed by atoms with Gasteiger partial charge >= 0.3 is 5.97 Å². The van der Waals surface area contributed by atoms with E-state index in [0.717, 1.165) is 12.0 Å². The summed E-state index contributed by atoms with van der Waals surface area (Å²) in [5, 5.41) is 14.4. The van der Waals surface area contributed by atoms with Gasteiger partial charge in [-0.3, -0.25) is 4.79 Å². The fraction of sp³-hybridized carbons (Fsp3) is 0.308. The predicted octanol–water partition coefficient (Wildman–Crippen LogP) is 2.19. The van der Waals surface area contributed by atoms with E-state index < -0.39 is 5.97 Å². The molecule has 2 aromatic heterocycles. The zero-order valence-corrected chi connectivity index (χ0v) is 11.5. The van der Waals surface area contributed by atoms with Gasteiger partial charge in [0.1, 0.15) is 0 Å². The number of hydrogen-bond acceptors (Lipinski definition) is 5. The van der Waals surface area contributed by atoms with E-state index in [4.69, 9.17) is 5.11 Å². The minimum Gasteiger partial charge on any atom is -0.475 e. The number of aromatic carboxylic acids is 1. The molecule has 1 aliphatic rings. The van der Waals surface area contributed by atoms with Gasteiger partial charge in [-0.15, -0.1) is 11.3 Å². The number of thiophene rings is 1. The van der Waals surface area contributed by atoms with Crippen LogP contribution >= 0.6 is 11.3 Å². The Kier molecular flexibility index (Phi) is 3.06. The molecule has 104 valence electrons. The molecule has 0 saturated heterocycles. The Balaban J connectivity index is 1.86. The number of carboxylic acid groups (broad SMARTS) is 1. The fourth-order valence-electron chi connectivity index (χ4n) is 2.41. The van der Waals surface area contributed by atoms with Gasteiger partial charge in [-0.2, -0.15) is 0 Å². The van der Waals surface area contributed by atoms with Gasteiger partial charge in [0.25, 0.3) is 5.91 Å². The molecular weight excluding hydrogens is 280 g/mol. The summed E-state index contributed by atoms with van der Waals surface area (Å²) in [6.07, 6.45) is 0.812. The highest BCUT2D eigenvalue weighted by molar-refractivity contribution is 7.10. The van der Waals surface area contributed by atoms with E-state index in [1.54, 1.807) is 16.2 Å². The Morgan fingerprint density at radius 1 is 1.55 bits per heavy atom. The third-order valence-corrected chi connectivity index (χ3v) is 4.47. The summed E-state index contributed by atoms with van der Waals surface area (Å²) in [5.74, 6) is -1.86. The molecule has 0 fully saturated rings. The molecule has 3 rings (SSSR count). The first-order chi connectivity index (χ1) is 9.58. The van der Waals surface area contributed by atoms with Crippen LogP contribution in [0, 0.1) is 0 Å². The second-order valence-corrected chi connectivity index (χ2v) is 5.61. The SMILES string of the molecule is CC1c2ccsc2CCN1C(=O)c1cc(C(=O)O)on1. The average Bonchev–Trinajstić information content (AvgIpc) is 3.08. The molecule has 0 saturated carbocycles. The van der Waals surface area contributed by atoms with E-state index in [0.29, 0.717) is 6.54 Å². The minimum atomic E-state index is -1.23. The van der Waals surface area contributed by atoms with Crippen molar-refractivity contribution in [2.24, 2.45) is 0 Å². The van der Waals surface area contributed by atoms with E-state index in [1.807, 2.05) is 18.4 Å². The number of carbonyl (C=O) groups is 2. The Morgan fingerprint density at radius 2 is 2.35 bits per heavy atom. The molecule has 6 nitrogen and oxygen atoms in total. The number of fused-ring (bicyclic) bond motifs is 1. The maximum atomic E-state index is 12.4. The lowest BCUT2D eigenvalue weighted by molar-refractivity contribution is 0.0639. The van der Waals surface area contributed by atoms with E-state index in [1.165, 1.54) is 10.9 Å². The normalized spacial score (nSPS) is 17.9. The number of carbonyl (C=O) groups excluding carboxylic acids is 1. The third-order valence-electron chi connectivity index (χ3n) is 3.48. The maximum Gasteiger partial charge on any atom is 0.374 e. The highest BCUT2D eigenvalue weighted by Crippen LogP contribution is 2.33. The van der Waals surface area contributed by atoms with Crippen molar-refractivity contribution in [2.45, 2.75) is 19.4 Å². The average molecular weight is 292 g/mol. The second kappa shape index (κ2) is 4.75. The minimum absolute atomic E-state index is 0.0351. The fourth-order valence-corrected chi connectivity index (χ4v) is 3.37. The summed E-state index contributed by atoms with van der Waals surface area (Å²) >= 11 is 1.70. The maximum absolute atomic E-state index is 12.4. The molecule has 1 N–H and O–H groups in total. The lowest BCUT2D eigenvalue weighted by Crippen LogP contribution is -2.38. The largest absolute Gasteiger partial charge is 0.475 e. The number of amides is 1. The molecule has 7 heteroatoms. The quantitative estimate of drug-likeness (QED) is 0.917. The topological polar surface area (TPSA) is 83.6 Å². The molecule has 1 amide bonds. The number of hydrogen-bond donors (Lipinski definition) is 1. The van der Waals surface area contributed by atoms with Crippen molar-refractivity contribution in [2.75, 3.05) is 6.54 Å². The van der Waals surface area contributed by atoms with Crippen LogP contribution in [0.3, 0.4) is 0 Å². The van der Waals surface area contributed by atoms with Crippen LogP contribution in [0.4, 0.5) is 0 Å². The van der Waals surface area contributed by atoms with Crippen LogP contribution in [-0.4, -0.2) is 33.6 Å². The van der Waals surface area contributed by atoms with Gasteiger partial charge in [-0.1, -0.05) is 5.16 Å². The van der Waals surface area contributed by atoms with E-state index in [9.17, 15) is 9.59 Å². The molecule has 0 bridgehead atoms. The lowest BCUT2D eigenvalue weighted by atomic mass is 10.0. The number of carboxylic acids is 1. The van der Waals surface area contributed by atoms with Gasteiger partial charge in [0.15, 0.2) is 5.69 Å². The molecule has 0 spiro atoms. The molecule has 20 heavy (non-hydrogen) atoms. The molecule has 1 atom stereocenters. The highest BCUT2D eigenvalue weighted by atomic mass is 32.1. The molecular formula is C13H12N2O4S. The first kappa shape index (κ1) is 12.9. The second-order valence-electron chi connectivity index (χ2n) is 4.61. The first-order valence-electron chi connectivity index (χ1n) is 6.15. The van der Waals surface area contributed by atoms with Crippen molar-refractivity contribution in [1.82, 2.24) is 10.1 Å². The summed E-state index contributed by atoms with van der Waals surface area (Å²) in [6, 6.07) is 3.15. The van der Waals surface area contributed by atoms with Crippen molar-refractivity contribution in [3.63, 3.8) is 0 Å². The van der Waals surface area contributed by atoms with E-state index in [2.05, 4.69) is 9.68 Å². The van der Waals surface area contributed by atoms with Crippen molar-refractivity contribution < 1.29 is 19.2 Å². The van der Waals surface area contributed by atoms with Gasteiger partial charge in [0.05, 0.1) is 6.04 Å². The standard InChI is InChI=1S/C13H12N2O4S/c1-7-8-3-5-20-11(8)2-4-15(7)12(16)9-6-10(13(17)18)19-14-9/h3,5-7H,2,4H2,1H3,(H,17,18). The lowest BCUT2D eigenvalue weighted by Gasteiger charge is -2.33. The van der Waals surface area contributed by atoms with Crippen LogP contribution in [-0.2, 0) is 6.42 Å². The predicted molar refractivity (Wildman–Crippen MR) is 70.9 cm³/mol. The first-order valence-corrected chi connectivity index (χ1v) is 7.03. The Labute approximate surface area is 118 Å². The molecule has 1 unspecified atom stereocenters. The summed E-state index contributed by atoms with van der Waals surface area (Å²) in [7, 11) is 0. The van der Waals surface area contributed by atoms with Crippen molar-refractivity contribution in [3.8, 4) is 0 Å². The number of nitrogens with zero attached hydrogens (tertiary/aromatic N) is 2. The summed E-state index contributed by atoms with van der Waals surface area (Å²) in [6.45, 7) is 2.56. The van der Waals surface area contributed by atoms with Crippen LogP contribution in [0.5, 0.6) is 0 Å². The van der Waals surface area contributed by atoms with Crippen LogP contribution in [0.15, 0.2) is 22.0 Å². The molecule has 0 aromatic carbocycles. The highest BCUT2D eigenvalue weighted by Gasteiger charge is 2.31. The molecule has 0 aliphatic carbocycles. The Morgan fingerprint density at radius 3 is 3.05 bits per heavy atom. The zero-order valence-electron chi connectivity index (χ0n) is 10.7. The molecule has 3 heterocycles. The van der Waals surface area contributed by atoms with E-state index >= 15 is 0 Å². The van der Waals surface area contributed by atoms with E-state index in [-0.39, 0.29) is 23.4 Å². The zero-order chi connectivity index (χ0) is 14.3. The Hall–Kier alpha value is -2.15. The molecule has 2 aromatic rings. The van der Waals surface area contributed by atoms with Gasteiger partial charge in [-0.05, 0) is 30.4 Å². The monoisotopic (exact) mass is 292 g/mol. The van der Waals surface area contributed by atoms with Crippen LogP contribution in [0.1, 0.15) is 44.4 Å². The van der Waals surface area contributed by atoms with Crippen LogP contribution < -0.4 is 0 Å². The van der Waals surface area contributed by atoms with Crippen molar-refractivity contribution in [3.05, 3.63) is 39.4 Å². The summed E-state index contributed by atoms with van der Waals surface area (Å²) in [5.41, 5.74) is 1.18. The Bertz CT molecular complexity index is 675. The van der Waals surface area contributed by atoms with Gasteiger partial charge in [0.2, 0.25) is 5.76 Å². The molecule has 0 radical (unpaired) electrons. The van der Waals surface area contributed by atoms with Crippen LogP contribution in [0.25, 0.3) is 0 Å². The number of aromatic nitrogens is 1. The van der Waals surface area contributed by atoms with Crippen molar-refractivity contribution >= 4 is 23.2 Å².